The second-order valence-electron chi connectivity index (χ2n) is 7.23. The Balaban J connectivity index is 1.25. The highest BCUT2D eigenvalue weighted by Crippen LogP contribution is 2.27. The van der Waals surface area contributed by atoms with Crippen molar-refractivity contribution in [1.29, 1.82) is 0 Å². The summed E-state index contributed by atoms with van der Waals surface area (Å²) in [5.41, 5.74) is 2.77. The quantitative estimate of drug-likeness (QED) is 0.838. The molecule has 4 rings (SSSR count). The summed E-state index contributed by atoms with van der Waals surface area (Å²) in [5.74, 6) is 0.618. The van der Waals surface area contributed by atoms with E-state index in [1.54, 1.807) is 0 Å². The molecule has 4 heteroatoms. The van der Waals surface area contributed by atoms with Gasteiger partial charge >= 0.3 is 0 Å². The first-order chi connectivity index (χ1) is 12.3. The van der Waals surface area contributed by atoms with Gasteiger partial charge in [0.1, 0.15) is 0 Å². The Kier molecular flexibility index (Phi) is 5.18. The van der Waals surface area contributed by atoms with Gasteiger partial charge in [-0.2, -0.15) is 0 Å². The number of thiophene rings is 1. The fourth-order valence-corrected chi connectivity index (χ4v) is 4.92. The lowest BCUT2D eigenvalue weighted by Crippen LogP contribution is -2.44. The van der Waals surface area contributed by atoms with Gasteiger partial charge in [0, 0.05) is 30.4 Å². The lowest BCUT2D eigenvalue weighted by Gasteiger charge is -2.35. The minimum atomic E-state index is 0.230. The van der Waals surface area contributed by atoms with Crippen LogP contribution in [0.5, 0.6) is 0 Å². The van der Waals surface area contributed by atoms with Crippen LogP contribution in [0.25, 0.3) is 0 Å². The Hall–Kier alpha value is -1.65. The highest BCUT2D eigenvalue weighted by atomic mass is 32.1. The van der Waals surface area contributed by atoms with Crippen molar-refractivity contribution < 1.29 is 4.79 Å². The zero-order valence-corrected chi connectivity index (χ0v) is 15.5. The Bertz CT molecular complexity index is 704. The van der Waals surface area contributed by atoms with Crippen LogP contribution in [0.3, 0.4) is 0 Å². The van der Waals surface area contributed by atoms with E-state index in [1.165, 1.54) is 16.0 Å². The van der Waals surface area contributed by atoms with Crippen LogP contribution in [-0.2, 0) is 24.2 Å². The lowest BCUT2D eigenvalue weighted by atomic mass is 9.94. The Morgan fingerprint density at radius 2 is 1.88 bits per heavy atom. The molecule has 132 valence electrons. The molecule has 3 nitrogen and oxygen atoms in total. The van der Waals surface area contributed by atoms with Gasteiger partial charge in [0.15, 0.2) is 0 Å². The van der Waals surface area contributed by atoms with Crippen LogP contribution in [0.4, 0.5) is 0 Å². The first-order valence-corrected chi connectivity index (χ1v) is 10.3. The van der Waals surface area contributed by atoms with E-state index < -0.39 is 0 Å². The van der Waals surface area contributed by atoms with E-state index in [-0.39, 0.29) is 5.92 Å². The van der Waals surface area contributed by atoms with Crippen LogP contribution in [0, 0.1) is 5.92 Å². The second kappa shape index (κ2) is 7.71. The molecule has 0 atom stereocenters. The van der Waals surface area contributed by atoms with Crippen molar-refractivity contribution >= 4 is 17.2 Å². The van der Waals surface area contributed by atoms with Crippen molar-refractivity contribution in [2.24, 2.45) is 5.92 Å². The van der Waals surface area contributed by atoms with Gasteiger partial charge in [0.05, 0.1) is 0 Å². The largest absolute Gasteiger partial charge is 0.338 e. The Morgan fingerprint density at radius 1 is 1.08 bits per heavy atom. The number of hydrogen-bond donors (Lipinski definition) is 0. The first kappa shape index (κ1) is 16.8. The molecule has 2 aliphatic rings. The molecular formula is C21H26N2OS. The number of hydrogen-bond acceptors (Lipinski definition) is 3. The molecule has 0 spiro atoms. The lowest BCUT2D eigenvalue weighted by molar-refractivity contribution is -0.138. The highest BCUT2D eigenvalue weighted by Gasteiger charge is 2.30. The van der Waals surface area contributed by atoms with Crippen LogP contribution < -0.4 is 0 Å². The molecule has 0 unspecified atom stereocenters. The summed E-state index contributed by atoms with van der Waals surface area (Å²) < 4.78 is 0. The minimum Gasteiger partial charge on any atom is -0.338 e. The molecule has 0 radical (unpaired) electrons. The number of benzene rings is 1. The average molecular weight is 355 g/mol. The van der Waals surface area contributed by atoms with Gasteiger partial charge < -0.3 is 9.80 Å². The minimum absolute atomic E-state index is 0.230. The third-order valence-electron chi connectivity index (χ3n) is 5.62. The van der Waals surface area contributed by atoms with E-state index in [0.717, 1.165) is 58.4 Å². The number of carbonyl (C=O) groups is 1. The number of rotatable bonds is 4. The highest BCUT2D eigenvalue weighted by molar-refractivity contribution is 7.10. The summed E-state index contributed by atoms with van der Waals surface area (Å²) in [6, 6.07) is 12.9. The molecule has 0 saturated carbocycles. The van der Waals surface area contributed by atoms with E-state index >= 15 is 0 Å². The zero-order chi connectivity index (χ0) is 17.1. The van der Waals surface area contributed by atoms with Crippen molar-refractivity contribution in [3.05, 3.63) is 57.8 Å². The summed E-state index contributed by atoms with van der Waals surface area (Å²) in [7, 11) is 0. The summed E-state index contributed by atoms with van der Waals surface area (Å²) in [4.78, 5) is 19.0. The number of nitrogens with zero attached hydrogens (tertiary/aromatic N) is 2. The molecule has 1 aromatic heterocycles. The fourth-order valence-electron chi connectivity index (χ4n) is 4.03. The number of carbonyl (C=O) groups excluding carboxylic acids is 1. The maximum absolute atomic E-state index is 12.9. The molecule has 1 fully saturated rings. The van der Waals surface area contributed by atoms with E-state index in [1.807, 2.05) is 11.3 Å². The number of amides is 1. The molecule has 1 amide bonds. The summed E-state index contributed by atoms with van der Waals surface area (Å²) >= 11 is 1.83. The molecule has 1 saturated heterocycles. The fraction of sp³-hybridized carbons (Fsp3) is 0.476. The van der Waals surface area contributed by atoms with Gasteiger partial charge in [-0.25, -0.2) is 0 Å². The summed E-state index contributed by atoms with van der Waals surface area (Å²) in [6.07, 6.45) is 4.17. The molecule has 2 aliphatic heterocycles. The van der Waals surface area contributed by atoms with Crippen LogP contribution in [0.1, 0.15) is 28.8 Å². The van der Waals surface area contributed by atoms with Gasteiger partial charge in [0.2, 0.25) is 5.91 Å². The molecule has 3 heterocycles. The summed E-state index contributed by atoms with van der Waals surface area (Å²) in [6.45, 7) is 4.95. The van der Waals surface area contributed by atoms with Crippen molar-refractivity contribution in [3.8, 4) is 0 Å². The van der Waals surface area contributed by atoms with Gasteiger partial charge in [-0.1, -0.05) is 30.3 Å². The predicted octanol–water partition coefficient (Wildman–Crippen LogP) is 3.59. The second-order valence-corrected chi connectivity index (χ2v) is 8.23. The topological polar surface area (TPSA) is 23.6 Å². The van der Waals surface area contributed by atoms with E-state index in [2.05, 4.69) is 51.6 Å². The van der Waals surface area contributed by atoms with Gasteiger partial charge in [0.25, 0.3) is 0 Å². The normalized spacial score (nSPS) is 19.0. The third kappa shape index (κ3) is 3.96. The molecule has 0 N–H and O–H groups in total. The monoisotopic (exact) mass is 354 g/mol. The van der Waals surface area contributed by atoms with Crippen LogP contribution >= 0.6 is 11.3 Å². The van der Waals surface area contributed by atoms with Crippen LogP contribution in [0.15, 0.2) is 41.8 Å². The van der Waals surface area contributed by atoms with Crippen molar-refractivity contribution in [2.45, 2.75) is 32.2 Å². The van der Waals surface area contributed by atoms with Gasteiger partial charge in [-0.05, 0) is 61.3 Å². The van der Waals surface area contributed by atoms with E-state index in [4.69, 9.17) is 0 Å². The van der Waals surface area contributed by atoms with Crippen molar-refractivity contribution in [2.75, 3.05) is 26.2 Å². The standard InChI is InChI=1S/C21H26N2OS/c24-21(23-14-9-20-19(16-23)10-15-25-20)18-7-12-22(13-8-18)11-6-17-4-2-1-3-5-17/h1-5,10,15,18H,6-9,11-14,16H2. The number of piperidine rings is 1. The third-order valence-corrected chi connectivity index (χ3v) is 6.64. The predicted molar refractivity (Wildman–Crippen MR) is 103 cm³/mol. The van der Waals surface area contributed by atoms with Gasteiger partial charge in [-0.15, -0.1) is 11.3 Å². The Morgan fingerprint density at radius 3 is 2.68 bits per heavy atom. The molecule has 1 aromatic carbocycles. The molecule has 0 bridgehead atoms. The molecule has 0 aliphatic carbocycles. The molecule has 25 heavy (non-hydrogen) atoms. The molecule has 2 aromatic rings. The maximum atomic E-state index is 12.9. The van der Waals surface area contributed by atoms with Crippen LogP contribution in [0.2, 0.25) is 0 Å². The molecular weight excluding hydrogens is 328 g/mol. The van der Waals surface area contributed by atoms with Crippen LogP contribution in [-0.4, -0.2) is 41.9 Å². The summed E-state index contributed by atoms with van der Waals surface area (Å²) in [5, 5.41) is 2.16. The number of fused-ring (bicyclic) bond motifs is 1. The van der Waals surface area contributed by atoms with Crippen molar-refractivity contribution in [3.63, 3.8) is 0 Å². The number of likely N-dealkylation sites (tertiary alicyclic amines) is 1. The Labute approximate surface area is 154 Å². The van der Waals surface area contributed by atoms with Gasteiger partial charge in [-0.3, -0.25) is 4.79 Å². The smallest absolute Gasteiger partial charge is 0.226 e. The maximum Gasteiger partial charge on any atom is 0.226 e. The first-order valence-electron chi connectivity index (χ1n) is 9.40. The van der Waals surface area contributed by atoms with E-state index in [9.17, 15) is 4.79 Å². The zero-order valence-electron chi connectivity index (χ0n) is 14.7. The van der Waals surface area contributed by atoms with Crippen molar-refractivity contribution in [1.82, 2.24) is 9.80 Å². The SMILES string of the molecule is O=C(C1CCN(CCc2ccccc2)CC1)N1CCc2sccc2C1. The average Bonchev–Trinajstić information content (AvgIpc) is 3.15. The van der Waals surface area contributed by atoms with E-state index in [0.29, 0.717) is 5.91 Å².